The average molecular weight is 609 g/mol. The Morgan fingerprint density at radius 1 is 0.925 bits per heavy atom. The molecule has 0 aliphatic carbocycles. The molecular formula is C29H32Cl2FN3O4S. The van der Waals surface area contributed by atoms with Crippen LogP contribution in [0.15, 0.2) is 72.8 Å². The third kappa shape index (κ3) is 8.68. The van der Waals surface area contributed by atoms with Gasteiger partial charge in [0.2, 0.25) is 21.8 Å². The molecule has 1 N–H and O–H groups in total. The first-order valence-electron chi connectivity index (χ1n) is 12.6. The summed E-state index contributed by atoms with van der Waals surface area (Å²) in [5.74, 6) is -1.32. The molecule has 0 aliphatic heterocycles. The Hall–Kier alpha value is -3.14. The first kappa shape index (κ1) is 31.4. The Labute approximate surface area is 244 Å². The van der Waals surface area contributed by atoms with Crippen LogP contribution in [0.4, 0.5) is 10.1 Å². The SMILES string of the molecule is CC(C)CNC(=O)C(Cc1ccccc1)N(Cc1ccc(F)cc1)C(=O)CN(c1cccc(Cl)c1Cl)S(C)(=O)=O. The van der Waals surface area contributed by atoms with E-state index in [4.69, 9.17) is 23.2 Å². The second kappa shape index (κ2) is 14.0. The van der Waals surface area contributed by atoms with E-state index in [0.717, 1.165) is 16.1 Å². The minimum Gasteiger partial charge on any atom is -0.354 e. The normalized spacial score (nSPS) is 12.2. The number of carbonyl (C=O) groups is 2. The lowest BCUT2D eigenvalue weighted by molar-refractivity contribution is -0.140. The van der Waals surface area contributed by atoms with Gasteiger partial charge in [-0.15, -0.1) is 0 Å². The Morgan fingerprint density at radius 3 is 2.17 bits per heavy atom. The highest BCUT2D eigenvalue weighted by Crippen LogP contribution is 2.33. The second-order valence-corrected chi connectivity index (χ2v) is 12.5. The molecule has 0 saturated heterocycles. The molecule has 7 nitrogen and oxygen atoms in total. The van der Waals surface area contributed by atoms with Gasteiger partial charge in [-0.3, -0.25) is 13.9 Å². The molecule has 1 atom stereocenters. The first-order chi connectivity index (χ1) is 18.9. The lowest BCUT2D eigenvalue weighted by Gasteiger charge is -2.34. The summed E-state index contributed by atoms with van der Waals surface area (Å²) in [4.78, 5) is 28.9. The minimum atomic E-state index is -4.00. The zero-order valence-electron chi connectivity index (χ0n) is 22.5. The predicted octanol–water partition coefficient (Wildman–Crippen LogP) is 5.31. The fourth-order valence-electron chi connectivity index (χ4n) is 4.04. The number of halogens is 3. The van der Waals surface area contributed by atoms with Gasteiger partial charge in [0.15, 0.2) is 0 Å². The number of sulfonamides is 1. The van der Waals surface area contributed by atoms with Crippen molar-refractivity contribution in [2.75, 3.05) is 23.7 Å². The van der Waals surface area contributed by atoms with Gasteiger partial charge in [-0.05, 0) is 41.3 Å². The van der Waals surface area contributed by atoms with Crippen LogP contribution in [0.1, 0.15) is 25.0 Å². The zero-order valence-corrected chi connectivity index (χ0v) is 24.8. The van der Waals surface area contributed by atoms with Gasteiger partial charge in [-0.25, -0.2) is 12.8 Å². The predicted molar refractivity (Wildman–Crippen MR) is 157 cm³/mol. The Balaban J connectivity index is 2.07. The van der Waals surface area contributed by atoms with Gasteiger partial charge < -0.3 is 10.2 Å². The van der Waals surface area contributed by atoms with E-state index in [-0.39, 0.29) is 40.5 Å². The number of amides is 2. The van der Waals surface area contributed by atoms with Crippen LogP contribution in [0.25, 0.3) is 0 Å². The summed E-state index contributed by atoms with van der Waals surface area (Å²) in [6.07, 6.45) is 1.13. The molecule has 2 amide bonds. The maximum absolute atomic E-state index is 14.0. The molecule has 3 aromatic carbocycles. The summed E-state index contributed by atoms with van der Waals surface area (Å²) < 4.78 is 40.2. The van der Waals surface area contributed by atoms with E-state index < -0.39 is 34.3 Å². The van der Waals surface area contributed by atoms with Gasteiger partial charge in [-0.1, -0.05) is 85.6 Å². The van der Waals surface area contributed by atoms with E-state index in [1.54, 1.807) is 0 Å². The van der Waals surface area contributed by atoms with Gasteiger partial charge in [-0.2, -0.15) is 0 Å². The third-order valence-electron chi connectivity index (χ3n) is 6.10. The fraction of sp³-hybridized carbons (Fsp3) is 0.310. The standard InChI is InChI=1S/C29H32Cl2FN3O4S/c1-20(2)17-33-29(37)26(16-21-8-5-4-6-9-21)34(18-22-12-14-23(32)15-13-22)27(36)19-35(40(3,38)39)25-11-7-10-24(30)28(25)31/h4-15,20,26H,16-19H2,1-3H3,(H,33,37). The number of carbonyl (C=O) groups excluding carboxylic acids is 2. The maximum atomic E-state index is 14.0. The highest BCUT2D eigenvalue weighted by molar-refractivity contribution is 7.92. The van der Waals surface area contributed by atoms with E-state index >= 15 is 0 Å². The summed E-state index contributed by atoms with van der Waals surface area (Å²) in [5, 5.41) is 3.00. The third-order valence-corrected chi connectivity index (χ3v) is 8.04. The van der Waals surface area contributed by atoms with Crippen LogP contribution in [-0.4, -0.2) is 50.5 Å². The van der Waals surface area contributed by atoms with Crippen molar-refractivity contribution in [3.05, 3.63) is 99.8 Å². The number of hydrogen-bond donors (Lipinski definition) is 1. The van der Waals surface area contributed by atoms with Crippen molar-refractivity contribution >= 4 is 50.7 Å². The molecule has 0 spiro atoms. The lowest BCUT2D eigenvalue weighted by Crippen LogP contribution is -2.53. The quantitative estimate of drug-likeness (QED) is 0.302. The second-order valence-electron chi connectivity index (χ2n) is 9.84. The number of hydrogen-bond acceptors (Lipinski definition) is 4. The van der Waals surface area contributed by atoms with Crippen molar-refractivity contribution < 1.29 is 22.4 Å². The monoisotopic (exact) mass is 607 g/mol. The molecule has 3 aromatic rings. The van der Waals surface area contributed by atoms with Gasteiger partial charge in [0.1, 0.15) is 18.4 Å². The highest BCUT2D eigenvalue weighted by atomic mass is 35.5. The van der Waals surface area contributed by atoms with Gasteiger partial charge in [0.25, 0.3) is 0 Å². The molecule has 0 saturated carbocycles. The average Bonchev–Trinajstić information content (AvgIpc) is 2.90. The lowest BCUT2D eigenvalue weighted by atomic mass is 10.0. The number of rotatable bonds is 12. The molecule has 3 rings (SSSR count). The highest BCUT2D eigenvalue weighted by Gasteiger charge is 2.33. The van der Waals surface area contributed by atoms with E-state index in [9.17, 15) is 22.4 Å². The molecule has 0 fully saturated rings. The van der Waals surface area contributed by atoms with Crippen molar-refractivity contribution in [1.82, 2.24) is 10.2 Å². The Bertz CT molecular complexity index is 1420. The molecule has 0 radical (unpaired) electrons. The van der Waals surface area contributed by atoms with Gasteiger partial charge in [0.05, 0.1) is 22.0 Å². The largest absolute Gasteiger partial charge is 0.354 e. The molecule has 1 unspecified atom stereocenters. The summed E-state index contributed by atoms with van der Waals surface area (Å²) in [6, 6.07) is 18.2. The molecule has 0 aromatic heterocycles. The van der Waals surface area contributed by atoms with Crippen LogP contribution in [0, 0.1) is 11.7 Å². The molecule has 0 bridgehead atoms. The summed E-state index contributed by atoms with van der Waals surface area (Å²) in [6.45, 7) is 3.59. The molecule has 0 heterocycles. The van der Waals surface area contributed by atoms with Crippen molar-refractivity contribution in [2.45, 2.75) is 32.9 Å². The number of benzene rings is 3. The molecular weight excluding hydrogens is 576 g/mol. The summed E-state index contributed by atoms with van der Waals surface area (Å²) in [7, 11) is -4.00. The van der Waals surface area contributed by atoms with E-state index in [0.29, 0.717) is 12.1 Å². The smallest absolute Gasteiger partial charge is 0.244 e. The number of anilines is 1. The maximum Gasteiger partial charge on any atom is 0.244 e. The van der Waals surface area contributed by atoms with E-state index in [2.05, 4.69) is 5.32 Å². The molecule has 214 valence electrons. The first-order valence-corrected chi connectivity index (χ1v) is 15.2. The van der Waals surface area contributed by atoms with Crippen molar-refractivity contribution in [1.29, 1.82) is 0 Å². The molecule has 11 heteroatoms. The fourth-order valence-corrected chi connectivity index (χ4v) is 5.34. The summed E-state index contributed by atoms with van der Waals surface area (Å²) >= 11 is 12.5. The van der Waals surface area contributed by atoms with E-state index in [1.165, 1.54) is 47.4 Å². The summed E-state index contributed by atoms with van der Waals surface area (Å²) in [5.41, 5.74) is 1.41. The Kier molecular flexibility index (Phi) is 11.0. The van der Waals surface area contributed by atoms with Crippen LogP contribution in [0.2, 0.25) is 10.0 Å². The minimum absolute atomic E-state index is 0.0250. The van der Waals surface area contributed by atoms with Gasteiger partial charge in [0, 0.05) is 19.5 Å². The van der Waals surface area contributed by atoms with E-state index in [1.807, 2.05) is 44.2 Å². The van der Waals surface area contributed by atoms with Crippen LogP contribution in [0.5, 0.6) is 0 Å². The number of nitrogens with zero attached hydrogens (tertiary/aromatic N) is 2. The van der Waals surface area contributed by atoms with Crippen LogP contribution >= 0.6 is 23.2 Å². The van der Waals surface area contributed by atoms with Crippen molar-refractivity contribution in [3.63, 3.8) is 0 Å². The van der Waals surface area contributed by atoms with Crippen molar-refractivity contribution in [3.8, 4) is 0 Å². The molecule has 40 heavy (non-hydrogen) atoms. The van der Waals surface area contributed by atoms with Crippen LogP contribution in [0.3, 0.4) is 0 Å². The topological polar surface area (TPSA) is 86.8 Å². The Morgan fingerprint density at radius 2 is 1.57 bits per heavy atom. The van der Waals surface area contributed by atoms with Crippen LogP contribution < -0.4 is 9.62 Å². The van der Waals surface area contributed by atoms with Crippen LogP contribution in [-0.2, 0) is 32.6 Å². The zero-order chi connectivity index (χ0) is 29.4. The van der Waals surface area contributed by atoms with Gasteiger partial charge >= 0.3 is 0 Å². The molecule has 0 aliphatic rings. The van der Waals surface area contributed by atoms with Crippen molar-refractivity contribution in [2.24, 2.45) is 5.92 Å². The number of nitrogens with one attached hydrogen (secondary N) is 1.